The molecule has 0 saturated heterocycles. The van der Waals surface area contributed by atoms with Crippen LogP contribution < -0.4 is 4.74 Å². The van der Waals surface area contributed by atoms with Gasteiger partial charge in [0.05, 0.1) is 5.56 Å². The minimum Gasteiger partial charge on any atom is -0.460 e. The van der Waals surface area contributed by atoms with Gasteiger partial charge in [-0.25, -0.2) is 8.78 Å². The van der Waals surface area contributed by atoms with Crippen LogP contribution in [0.15, 0.2) is 42.5 Å². The van der Waals surface area contributed by atoms with E-state index in [9.17, 15) is 8.78 Å². The van der Waals surface area contributed by atoms with Crippen molar-refractivity contribution in [2.24, 2.45) is 0 Å². The first kappa shape index (κ1) is 16.4. The maximum atomic E-state index is 13.8. The van der Waals surface area contributed by atoms with Crippen molar-refractivity contribution in [3.8, 4) is 5.75 Å². The van der Waals surface area contributed by atoms with Crippen LogP contribution in [-0.4, -0.2) is 7.11 Å². The molecule has 0 saturated carbocycles. The molecule has 0 aliphatic rings. The highest BCUT2D eigenvalue weighted by Crippen LogP contribution is 2.28. The van der Waals surface area contributed by atoms with Crippen molar-refractivity contribution in [3.05, 3.63) is 65.2 Å². The third kappa shape index (κ3) is 3.63. The predicted octanol–water partition coefficient (Wildman–Crippen LogP) is 5.20. The molecule has 0 aliphatic carbocycles. The van der Waals surface area contributed by atoms with E-state index in [1.807, 2.05) is 12.1 Å². The van der Waals surface area contributed by atoms with Crippen LogP contribution in [0, 0.1) is 11.6 Å². The molecule has 2 unspecified atom stereocenters. The van der Waals surface area contributed by atoms with Gasteiger partial charge in [-0.1, -0.05) is 32.0 Å². The largest absolute Gasteiger partial charge is 0.460 e. The summed E-state index contributed by atoms with van der Waals surface area (Å²) >= 11 is 0. The lowest BCUT2D eigenvalue weighted by Gasteiger charge is -2.19. The standard InChI is InChI=1S/C18H20F2O2/c1-4-12(2)13-8-10-14(11-9-13)22-18(21-3)17-15(19)6-5-7-16(17)20/h5-12,18H,4H2,1-3H3. The van der Waals surface area contributed by atoms with E-state index < -0.39 is 17.9 Å². The second kappa shape index (κ2) is 7.36. The van der Waals surface area contributed by atoms with E-state index in [4.69, 9.17) is 9.47 Å². The van der Waals surface area contributed by atoms with Crippen LogP contribution in [0.4, 0.5) is 8.78 Å². The number of hydrogen-bond acceptors (Lipinski definition) is 2. The molecule has 0 spiro atoms. The molecule has 0 heterocycles. The van der Waals surface area contributed by atoms with Crippen LogP contribution >= 0.6 is 0 Å². The molecule has 2 rings (SSSR count). The van der Waals surface area contributed by atoms with Gasteiger partial charge in [0.25, 0.3) is 0 Å². The van der Waals surface area contributed by atoms with E-state index in [1.165, 1.54) is 30.9 Å². The fourth-order valence-electron chi connectivity index (χ4n) is 2.19. The van der Waals surface area contributed by atoms with Crippen LogP contribution in [0.25, 0.3) is 0 Å². The van der Waals surface area contributed by atoms with Crippen LogP contribution in [0.2, 0.25) is 0 Å². The Labute approximate surface area is 129 Å². The minimum absolute atomic E-state index is 0.226. The van der Waals surface area contributed by atoms with Crippen molar-refractivity contribution in [1.82, 2.24) is 0 Å². The summed E-state index contributed by atoms with van der Waals surface area (Å²) < 4.78 is 38.3. The summed E-state index contributed by atoms with van der Waals surface area (Å²) in [6.45, 7) is 4.26. The van der Waals surface area contributed by atoms with Gasteiger partial charge in [-0.2, -0.15) is 0 Å². The van der Waals surface area contributed by atoms with Crippen molar-refractivity contribution >= 4 is 0 Å². The maximum absolute atomic E-state index is 13.8. The number of methoxy groups -OCH3 is 1. The number of ether oxygens (including phenoxy) is 2. The molecule has 0 radical (unpaired) electrons. The number of benzene rings is 2. The van der Waals surface area contributed by atoms with Gasteiger partial charge in [-0.05, 0) is 42.2 Å². The van der Waals surface area contributed by atoms with Crippen LogP contribution in [0.5, 0.6) is 5.75 Å². The van der Waals surface area contributed by atoms with E-state index in [0.717, 1.165) is 6.42 Å². The third-order valence-electron chi connectivity index (χ3n) is 3.75. The number of hydrogen-bond donors (Lipinski definition) is 0. The smallest absolute Gasteiger partial charge is 0.232 e. The topological polar surface area (TPSA) is 18.5 Å². The summed E-state index contributed by atoms with van der Waals surface area (Å²) in [6, 6.07) is 11.1. The van der Waals surface area contributed by atoms with E-state index >= 15 is 0 Å². The highest BCUT2D eigenvalue weighted by Gasteiger charge is 2.21. The summed E-state index contributed by atoms with van der Waals surface area (Å²) in [6.07, 6.45) is -0.0860. The Kier molecular flexibility index (Phi) is 5.50. The van der Waals surface area contributed by atoms with Crippen LogP contribution in [0.3, 0.4) is 0 Å². The monoisotopic (exact) mass is 306 g/mol. The Hall–Kier alpha value is -1.94. The minimum atomic E-state index is -1.13. The van der Waals surface area contributed by atoms with Crippen molar-refractivity contribution in [3.63, 3.8) is 0 Å². The van der Waals surface area contributed by atoms with Crippen molar-refractivity contribution in [2.75, 3.05) is 7.11 Å². The SMILES string of the molecule is CCC(C)c1ccc(OC(OC)c2c(F)cccc2F)cc1. The second-order valence-electron chi connectivity index (χ2n) is 5.20. The molecule has 2 aromatic rings. The fourth-order valence-corrected chi connectivity index (χ4v) is 2.19. The highest BCUT2D eigenvalue weighted by molar-refractivity contribution is 5.30. The van der Waals surface area contributed by atoms with Crippen molar-refractivity contribution in [2.45, 2.75) is 32.5 Å². The normalized spacial score (nSPS) is 13.7. The number of halogens is 2. The van der Waals surface area contributed by atoms with Gasteiger partial charge in [0, 0.05) is 7.11 Å². The molecule has 2 aromatic carbocycles. The first-order chi connectivity index (χ1) is 10.6. The first-order valence-corrected chi connectivity index (χ1v) is 7.30. The fraction of sp³-hybridized carbons (Fsp3) is 0.333. The molecule has 0 bridgehead atoms. The third-order valence-corrected chi connectivity index (χ3v) is 3.75. The summed E-state index contributed by atoms with van der Waals surface area (Å²) in [7, 11) is 1.35. The second-order valence-corrected chi connectivity index (χ2v) is 5.20. The van der Waals surface area contributed by atoms with Gasteiger partial charge in [0.2, 0.25) is 6.29 Å². The van der Waals surface area contributed by atoms with E-state index in [2.05, 4.69) is 13.8 Å². The Balaban J connectivity index is 2.20. The Morgan fingerprint density at radius 1 is 1.00 bits per heavy atom. The molecular weight excluding hydrogens is 286 g/mol. The summed E-state index contributed by atoms with van der Waals surface area (Å²) in [4.78, 5) is 0. The predicted molar refractivity (Wildman–Crippen MR) is 81.9 cm³/mol. The zero-order valence-corrected chi connectivity index (χ0v) is 13.0. The highest BCUT2D eigenvalue weighted by atomic mass is 19.1. The van der Waals surface area contributed by atoms with Gasteiger partial charge >= 0.3 is 0 Å². The molecule has 2 atom stereocenters. The average molecular weight is 306 g/mol. The van der Waals surface area contributed by atoms with Gasteiger partial charge in [0.1, 0.15) is 17.4 Å². The first-order valence-electron chi connectivity index (χ1n) is 7.30. The molecule has 2 nitrogen and oxygen atoms in total. The molecule has 0 N–H and O–H groups in total. The van der Waals surface area contributed by atoms with Gasteiger partial charge < -0.3 is 9.47 Å². The van der Waals surface area contributed by atoms with Crippen LogP contribution in [0.1, 0.15) is 43.6 Å². The van der Waals surface area contributed by atoms with Crippen molar-refractivity contribution < 1.29 is 18.3 Å². The van der Waals surface area contributed by atoms with Crippen molar-refractivity contribution in [1.29, 1.82) is 0 Å². The molecule has 0 aliphatic heterocycles. The lowest BCUT2D eigenvalue weighted by atomic mass is 9.99. The van der Waals surface area contributed by atoms with Gasteiger partial charge in [-0.15, -0.1) is 0 Å². The van der Waals surface area contributed by atoms with E-state index in [0.29, 0.717) is 11.7 Å². The molecule has 0 amide bonds. The Morgan fingerprint density at radius 2 is 1.59 bits per heavy atom. The lowest BCUT2D eigenvalue weighted by molar-refractivity contribution is -0.0607. The summed E-state index contributed by atoms with van der Waals surface area (Å²) in [5.41, 5.74) is 0.969. The average Bonchev–Trinajstić information content (AvgIpc) is 2.53. The summed E-state index contributed by atoms with van der Waals surface area (Å²) in [5.74, 6) is -0.427. The van der Waals surface area contributed by atoms with E-state index in [-0.39, 0.29) is 5.56 Å². The molecule has 0 fully saturated rings. The zero-order valence-electron chi connectivity index (χ0n) is 13.0. The van der Waals surface area contributed by atoms with Crippen LogP contribution in [-0.2, 0) is 4.74 Å². The number of rotatable bonds is 6. The summed E-state index contributed by atoms with van der Waals surface area (Å²) in [5, 5.41) is 0. The lowest BCUT2D eigenvalue weighted by Crippen LogP contribution is -2.13. The molecule has 22 heavy (non-hydrogen) atoms. The molecule has 0 aromatic heterocycles. The van der Waals surface area contributed by atoms with Gasteiger partial charge in [0.15, 0.2) is 0 Å². The van der Waals surface area contributed by atoms with Gasteiger partial charge in [-0.3, -0.25) is 0 Å². The Morgan fingerprint density at radius 3 is 2.09 bits per heavy atom. The van der Waals surface area contributed by atoms with E-state index in [1.54, 1.807) is 12.1 Å². The molecule has 118 valence electrons. The molecular formula is C18H20F2O2. The quantitative estimate of drug-likeness (QED) is 0.683. The molecule has 4 heteroatoms. The Bertz CT molecular complexity index is 591. The maximum Gasteiger partial charge on any atom is 0.232 e. The zero-order chi connectivity index (χ0) is 16.1.